The summed E-state index contributed by atoms with van der Waals surface area (Å²) in [5.74, 6) is 5.20. The molecule has 1 atom stereocenters. The number of benzene rings is 1. The van der Waals surface area contributed by atoms with E-state index in [0.717, 1.165) is 8.95 Å². The Hall–Kier alpha value is -0.340. The monoisotopic (exact) mass is 451 g/mol. The van der Waals surface area contributed by atoms with Crippen molar-refractivity contribution in [3.63, 3.8) is 0 Å². The molecule has 0 radical (unpaired) electrons. The summed E-state index contributed by atoms with van der Waals surface area (Å²) >= 11 is 9.89. The fourth-order valence-corrected chi connectivity index (χ4v) is 3.29. The molecule has 1 heterocycles. The Balaban J connectivity index is 2.53. The fourth-order valence-electron chi connectivity index (χ4n) is 1.70. The van der Waals surface area contributed by atoms with Crippen LogP contribution in [0.4, 0.5) is 4.39 Å². The molecule has 100 valence electrons. The second-order valence-electron chi connectivity index (χ2n) is 3.76. The van der Waals surface area contributed by atoms with Crippen LogP contribution in [0.2, 0.25) is 0 Å². The van der Waals surface area contributed by atoms with Crippen molar-refractivity contribution in [3.8, 4) is 0 Å². The van der Waals surface area contributed by atoms with E-state index in [1.165, 1.54) is 0 Å². The molecule has 1 unspecified atom stereocenters. The van der Waals surface area contributed by atoms with Crippen LogP contribution in [0.1, 0.15) is 17.3 Å². The Bertz CT molecular complexity index is 607. The van der Waals surface area contributed by atoms with Crippen molar-refractivity contribution >= 4 is 47.8 Å². The van der Waals surface area contributed by atoms with Crippen molar-refractivity contribution in [3.05, 3.63) is 61.0 Å². The van der Waals surface area contributed by atoms with Crippen molar-refractivity contribution in [2.24, 2.45) is 5.84 Å². The van der Waals surface area contributed by atoms with Gasteiger partial charge in [0.2, 0.25) is 0 Å². The number of nitrogens with one attached hydrogen (secondary N) is 1. The van der Waals surface area contributed by atoms with Crippen molar-refractivity contribution in [2.75, 3.05) is 0 Å². The molecule has 0 spiro atoms. The fraction of sp³-hybridized carbons (Fsp3) is 0.0833. The second-order valence-corrected chi connectivity index (χ2v) is 6.39. The van der Waals surface area contributed by atoms with Gasteiger partial charge >= 0.3 is 0 Å². The van der Waals surface area contributed by atoms with E-state index < -0.39 is 6.04 Å². The molecule has 0 amide bonds. The summed E-state index contributed by atoms with van der Waals surface area (Å²) in [5, 5.41) is 0. The van der Waals surface area contributed by atoms with Crippen LogP contribution in [0.3, 0.4) is 0 Å². The van der Waals surface area contributed by atoms with E-state index in [-0.39, 0.29) is 5.82 Å². The lowest BCUT2D eigenvalue weighted by Gasteiger charge is -2.18. The number of nitrogens with two attached hydrogens (primary N) is 1. The van der Waals surface area contributed by atoms with Gasteiger partial charge in [0.25, 0.3) is 0 Å². The van der Waals surface area contributed by atoms with Gasteiger partial charge in [-0.2, -0.15) is 0 Å². The molecule has 1 aromatic heterocycles. The molecule has 2 aromatic rings. The van der Waals surface area contributed by atoms with E-state index in [1.807, 2.05) is 6.07 Å². The standard InChI is InChI=1S/C12H9Br3FN3/c13-6-4-9(15)12(18-5-6)11(19-17)7-2-1-3-8(14)10(7)16/h1-5,11,19H,17H2. The number of hydrogen-bond acceptors (Lipinski definition) is 3. The average Bonchev–Trinajstić information content (AvgIpc) is 2.37. The van der Waals surface area contributed by atoms with Crippen molar-refractivity contribution < 1.29 is 4.39 Å². The van der Waals surface area contributed by atoms with Crippen LogP contribution >= 0.6 is 47.8 Å². The summed E-state index contributed by atoms with van der Waals surface area (Å²) < 4.78 is 16.1. The third-order valence-electron chi connectivity index (χ3n) is 2.57. The first-order chi connectivity index (χ1) is 9.04. The van der Waals surface area contributed by atoms with E-state index in [1.54, 1.807) is 24.4 Å². The molecule has 0 fully saturated rings. The molecule has 7 heteroatoms. The molecule has 0 aliphatic carbocycles. The topological polar surface area (TPSA) is 50.9 Å². The highest BCUT2D eigenvalue weighted by Gasteiger charge is 2.21. The first kappa shape index (κ1) is 15.1. The predicted octanol–water partition coefficient (Wildman–Crippen LogP) is 4.06. The molecule has 3 N–H and O–H groups in total. The quantitative estimate of drug-likeness (QED) is 0.544. The first-order valence-electron chi connectivity index (χ1n) is 5.25. The van der Waals surface area contributed by atoms with Gasteiger partial charge < -0.3 is 0 Å². The maximum absolute atomic E-state index is 14.1. The van der Waals surface area contributed by atoms with Gasteiger partial charge in [0.05, 0.1) is 16.2 Å². The molecule has 3 nitrogen and oxygen atoms in total. The Morgan fingerprint density at radius 3 is 2.58 bits per heavy atom. The summed E-state index contributed by atoms with van der Waals surface area (Å²) in [7, 11) is 0. The molecular formula is C12H9Br3FN3. The van der Waals surface area contributed by atoms with Crippen molar-refractivity contribution in [1.82, 2.24) is 10.4 Å². The van der Waals surface area contributed by atoms with Gasteiger partial charge in [0.1, 0.15) is 5.82 Å². The zero-order chi connectivity index (χ0) is 14.0. The molecular weight excluding hydrogens is 445 g/mol. The Morgan fingerprint density at radius 2 is 1.95 bits per heavy atom. The predicted molar refractivity (Wildman–Crippen MR) is 82.9 cm³/mol. The van der Waals surface area contributed by atoms with Crippen LogP contribution < -0.4 is 11.3 Å². The summed E-state index contributed by atoms with van der Waals surface area (Å²) in [5.41, 5.74) is 3.63. The largest absolute Gasteiger partial charge is 0.271 e. The van der Waals surface area contributed by atoms with E-state index in [9.17, 15) is 4.39 Å². The van der Waals surface area contributed by atoms with Gasteiger partial charge in [-0.05, 0) is 59.9 Å². The third kappa shape index (κ3) is 3.22. The zero-order valence-electron chi connectivity index (χ0n) is 9.50. The van der Waals surface area contributed by atoms with Crippen LogP contribution in [0.15, 0.2) is 43.9 Å². The van der Waals surface area contributed by atoms with Crippen molar-refractivity contribution in [2.45, 2.75) is 6.04 Å². The zero-order valence-corrected chi connectivity index (χ0v) is 14.3. The number of rotatable bonds is 3. The third-order valence-corrected chi connectivity index (χ3v) is 4.25. The molecule has 1 aromatic carbocycles. The maximum Gasteiger partial charge on any atom is 0.142 e. The highest BCUT2D eigenvalue weighted by Crippen LogP contribution is 2.31. The minimum absolute atomic E-state index is 0.359. The van der Waals surface area contributed by atoms with E-state index in [0.29, 0.717) is 15.7 Å². The van der Waals surface area contributed by atoms with Crippen LogP contribution in [0.5, 0.6) is 0 Å². The first-order valence-corrected chi connectivity index (χ1v) is 7.63. The van der Waals surface area contributed by atoms with E-state index in [4.69, 9.17) is 5.84 Å². The summed E-state index contributed by atoms with van der Waals surface area (Å²) in [6.07, 6.45) is 1.64. The van der Waals surface area contributed by atoms with Gasteiger partial charge in [-0.25, -0.2) is 9.82 Å². The van der Waals surface area contributed by atoms with Crippen molar-refractivity contribution in [1.29, 1.82) is 0 Å². The summed E-state index contributed by atoms with van der Waals surface area (Å²) in [6, 6.07) is 6.35. The lowest BCUT2D eigenvalue weighted by Crippen LogP contribution is -2.30. The molecule has 0 bridgehead atoms. The minimum atomic E-state index is -0.542. The molecule has 0 saturated carbocycles. The van der Waals surface area contributed by atoms with Crippen LogP contribution in [-0.2, 0) is 0 Å². The average molecular weight is 454 g/mol. The van der Waals surface area contributed by atoms with E-state index in [2.05, 4.69) is 58.2 Å². The number of pyridine rings is 1. The van der Waals surface area contributed by atoms with Crippen LogP contribution in [0.25, 0.3) is 0 Å². The number of halogens is 4. The highest BCUT2D eigenvalue weighted by molar-refractivity contribution is 9.11. The lowest BCUT2D eigenvalue weighted by atomic mass is 10.0. The van der Waals surface area contributed by atoms with Gasteiger partial charge in [-0.3, -0.25) is 10.8 Å². The molecule has 0 saturated heterocycles. The molecule has 19 heavy (non-hydrogen) atoms. The van der Waals surface area contributed by atoms with Gasteiger partial charge in [0.15, 0.2) is 0 Å². The maximum atomic E-state index is 14.1. The highest BCUT2D eigenvalue weighted by atomic mass is 79.9. The molecule has 0 aliphatic heterocycles. The minimum Gasteiger partial charge on any atom is -0.271 e. The van der Waals surface area contributed by atoms with Gasteiger partial charge in [-0.15, -0.1) is 0 Å². The Kier molecular flexibility index (Phi) is 5.08. The number of aromatic nitrogens is 1. The Labute approximate surface area is 135 Å². The lowest BCUT2D eigenvalue weighted by molar-refractivity contribution is 0.548. The number of hydrogen-bond donors (Lipinski definition) is 2. The van der Waals surface area contributed by atoms with Gasteiger partial charge in [0, 0.05) is 20.7 Å². The number of nitrogens with zero attached hydrogens (tertiary/aromatic N) is 1. The van der Waals surface area contributed by atoms with Crippen LogP contribution in [0, 0.1) is 5.82 Å². The number of hydrazine groups is 1. The van der Waals surface area contributed by atoms with Crippen LogP contribution in [-0.4, -0.2) is 4.98 Å². The van der Waals surface area contributed by atoms with E-state index >= 15 is 0 Å². The summed E-state index contributed by atoms with van der Waals surface area (Å²) in [4.78, 5) is 4.28. The Morgan fingerprint density at radius 1 is 1.21 bits per heavy atom. The molecule has 2 rings (SSSR count). The van der Waals surface area contributed by atoms with Gasteiger partial charge in [-0.1, -0.05) is 12.1 Å². The SMILES string of the molecule is NNC(c1cccc(Br)c1F)c1ncc(Br)cc1Br. The molecule has 0 aliphatic rings. The normalized spacial score (nSPS) is 12.5. The summed E-state index contributed by atoms with van der Waals surface area (Å²) in [6.45, 7) is 0. The smallest absolute Gasteiger partial charge is 0.142 e. The second kappa shape index (κ2) is 6.41.